The van der Waals surface area contributed by atoms with E-state index in [1.807, 2.05) is 48.0 Å². The molecule has 31 heavy (non-hydrogen) atoms. The third kappa shape index (κ3) is 2.71. The zero-order valence-electron chi connectivity index (χ0n) is 15.8. The second-order valence-electron chi connectivity index (χ2n) is 7.08. The topological polar surface area (TPSA) is 39.1 Å². The highest BCUT2D eigenvalue weighted by atomic mass is 32.1. The van der Waals surface area contributed by atoms with Crippen molar-refractivity contribution in [1.29, 1.82) is 0 Å². The lowest BCUT2D eigenvalue weighted by Gasteiger charge is -2.03. The Morgan fingerprint density at radius 3 is 1.97 bits per heavy atom. The van der Waals surface area contributed by atoms with E-state index in [-0.39, 0.29) is 0 Å². The van der Waals surface area contributed by atoms with Crippen LogP contribution in [0.5, 0.6) is 0 Å². The molecule has 0 radical (unpaired) electrons. The molecular weight excluding hydrogens is 430 g/mol. The number of hydrogen-bond donors (Lipinski definition) is 0. The summed E-state index contributed by atoms with van der Waals surface area (Å²) in [5.41, 5.74) is 0.143. The standard InChI is InChI=1S/C23H11F4NO2S/c1-28-13(10-5-3-2-4-6-10)9-15-14(28)8-11(31-15)7-12-22(29)16-17(23(12)30)19(25)21(27)20(26)18(16)24/h2-9H,1H3. The number of allylic oxidation sites excluding steroid dienone is 1. The van der Waals surface area contributed by atoms with E-state index in [4.69, 9.17) is 0 Å². The maximum Gasteiger partial charge on any atom is 0.200 e. The van der Waals surface area contributed by atoms with Gasteiger partial charge in [-0.3, -0.25) is 9.59 Å². The third-order valence-corrected chi connectivity index (χ3v) is 6.33. The van der Waals surface area contributed by atoms with Crippen LogP contribution in [-0.2, 0) is 7.05 Å². The molecule has 0 N–H and O–H groups in total. The van der Waals surface area contributed by atoms with Gasteiger partial charge < -0.3 is 4.57 Å². The summed E-state index contributed by atoms with van der Waals surface area (Å²) in [6, 6.07) is 13.4. The summed E-state index contributed by atoms with van der Waals surface area (Å²) in [5.74, 6) is -10.3. The van der Waals surface area contributed by atoms with Gasteiger partial charge in [-0.05, 0) is 23.8 Å². The first-order valence-corrected chi connectivity index (χ1v) is 9.93. The van der Waals surface area contributed by atoms with E-state index in [1.54, 1.807) is 6.07 Å². The Kier molecular flexibility index (Phi) is 4.23. The van der Waals surface area contributed by atoms with Gasteiger partial charge >= 0.3 is 0 Å². The van der Waals surface area contributed by atoms with Crippen LogP contribution in [0.1, 0.15) is 25.6 Å². The number of fused-ring (bicyclic) bond motifs is 2. The van der Waals surface area contributed by atoms with Gasteiger partial charge in [0.1, 0.15) is 0 Å². The minimum absolute atomic E-state index is 0.492. The fraction of sp³-hybridized carbons (Fsp3) is 0.0435. The lowest BCUT2D eigenvalue weighted by molar-refractivity contribution is 0.0988. The molecule has 2 aromatic carbocycles. The molecule has 2 heterocycles. The van der Waals surface area contributed by atoms with Gasteiger partial charge in [-0.25, -0.2) is 17.6 Å². The monoisotopic (exact) mass is 441 g/mol. The fourth-order valence-electron chi connectivity index (χ4n) is 3.79. The SMILES string of the molecule is Cn1c(-c2ccccc2)cc2sc(C=C3C(=O)c4c(F)c(F)c(F)c(F)c4C3=O)cc21. The van der Waals surface area contributed by atoms with Gasteiger partial charge in [-0.2, -0.15) is 0 Å². The summed E-state index contributed by atoms with van der Waals surface area (Å²) < 4.78 is 58.1. The Morgan fingerprint density at radius 1 is 0.839 bits per heavy atom. The maximum atomic E-state index is 14.1. The molecule has 0 saturated heterocycles. The van der Waals surface area contributed by atoms with Crippen LogP contribution in [0.15, 0.2) is 48.0 Å². The van der Waals surface area contributed by atoms with Crippen LogP contribution in [-0.4, -0.2) is 16.1 Å². The first-order valence-electron chi connectivity index (χ1n) is 9.11. The molecule has 1 aliphatic carbocycles. The number of Topliss-reactive ketones (excluding diaryl/α,β-unsaturated/α-hetero) is 2. The molecule has 8 heteroatoms. The van der Waals surface area contributed by atoms with E-state index >= 15 is 0 Å². The predicted octanol–water partition coefficient (Wildman–Crippen LogP) is 5.93. The molecule has 2 aromatic heterocycles. The van der Waals surface area contributed by atoms with E-state index in [0.717, 1.165) is 21.5 Å². The van der Waals surface area contributed by atoms with Crippen LogP contribution in [0.2, 0.25) is 0 Å². The Balaban J connectivity index is 1.60. The van der Waals surface area contributed by atoms with Gasteiger partial charge in [-0.15, -0.1) is 11.3 Å². The van der Waals surface area contributed by atoms with E-state index in [1.165, 1.54) is 17.4 Å². The summed E-state index contributed by atoms with van der Waals surface area (Å²) in [6.07, 6.45) is 1.20. The van der Waals surface area contributed by atoms with Gasteiger partial charge in [0.15, 0.2) is 23.3 Å². The zero-order valence-corrected chi connectivity index (χ0v) is 16.6. The molecule has 0 aliphatic heterocycles. The molecule has 1 aliphatic rings. The lowest BCUT2D eigenvalue weighted by atomic mass is 10.1. The number of hydrogen-bond acceptors (Lipinski definition) is 3. The molecule has 0 atom stereocenters. The summed E-state index contributed by atoms with van der Waals surface area (Å²) in [4.78, 5) is 25.5. The number of aryl methyl sites for hydroxylation is 1. The summed E-state index contributed by atoms with van der Waals surface area (Å²) in [7, 11) is 1.87. The molecule has 0 fully saturated rings. The lowest BCUT2D eigenvalue weighted by Crippen LogP contribution is -2.07. The van der Waals surface area contributed by atoms with Crippen molar-refractivity contribution in [1.82, 2.24) is 4.57 Å². The van der Waals surface area contributed by atoms with E-state index in [0.29, 0.717) is 4.88 Å². The van der Waals surface area contributed by atoms with Crippen molar-refractivity contribution >= 4 is 39.2 Å². The second-order valence-corrected chi connectivity index (χ2v) is 8.19. The van der Waals surface area contributed by atoms with Crippen molar-refractivity contribution in [2.45, 2.75) is 0 Å². The summed E-state index contributed by atoms with van der Waals surface area (Å²) >= 11 is 1.27. The summed E-state index contributed by atoms with van der Waals surface area (Å²) in [5, 5.41) is 0. The van der Waals surface area contributed by atoms with Crippen LogP contribution >= 0.6 is 11.3 Å². The molecule has 3 nitrogen and oxygen atoms in total. The van der Waals surface area contributed by atoms with Crippen molar-refractivity contribution in [3.8, 4) is 11.3 Å². The van der Waals surface area contributed by atoms with Crippen LogP contribution in [0.4, 0.5) is 17.6 Å². The van der Waals surface area contributed by atoms with Crippen molar-refractivity contribution in [2.75, 3.05) is 0 Å². The van der Waals surface area contributed by atoms with Crippen LogP contribution in [0, 0.1) is 23.3 Å². The van der Waals surface area contributed by atoms with Gasteiger partial charge in [0.2, 0.25) is 11.6 Å². The van der Waals surface area contributed by atoms with Crippen LogP contribution in [0.25, 0.3) is 27.6 Å². The van der Waals surface area contributed by atoms with Gasteiger partial charge in [0, 0.05) is 17.6 Å². The van der Waals surface area contributed by atoms with Crippen molar-refractivity contribution in [3.05, 3.63) is 87.3 Å². The van der Waals surface area contributed by atoms with Crippen molar-refractivity contribution in [3.63, 3.8) is 0 Å². The number of carbonyl (C=O) groups is 2. The zero-order chi connectivity index (χ0) is 22.0. The highest BCUT2D eigenvalue weighted by molar-refractivity contribution is 7.19. The molecular formula is C23H11F4NO2S. The number of nitrogens with zero attached hydrogens (tertiary/aromatic N) is 1. The third-order valence-electron chi connectivity index (χ3n) is 5.32. The molecule has 5 rings (SSSR count). The first kappa shape index (κ1) is 19.4. The maximum absolute atomic E-state index is 14.1. The molecule has 154 valence electrons. The second kappa shape index (κ2) is 6.75. The predicted molar refractivity (Wildman–Crippen MR) is 109 cm³/mol. The van der Waals surface area contributed by atoms with Gasteiger partial charge in [0.05, 0.1) is 26.9 Å². The molecule has 0 bridgehead atoms. The Hall–Kier alpha value is -3.52. The number of aromatic nitrogens is 1. The van der Waals surface area contributed by atoms with Crippen molar-refractivity contribution < 1.29 is 27.2 Å². The van der Waals surface area contributed by atoms with Crippen molar-refractivity contribution in [2.24, 2.45) is 7.05 Å². The van der Waals surface area contributed by atoms with E-state index in [9.17, 15) is 27.2 Å². The van der Waals surface area contributed by atoms with Crippen LogP contribution < -0.4 is 0 Å². The number of ketones is 2. The average Bonchev–Trinajstić information content (AvgIpc) is 3.38. The van der Waals surface area contributed by atoms with E-state index < -0.39 is 51.5 Å². The van der Waals surface area contributed by atoms with Gasteiger partial charge in [-0.1, -0.05) is 30.3 Å². The number of halogens is 4. The molecule has 0 saturated carbocycles. The largest absolute Gasteiger partial charge is 0.343 e. The first-order chi connectivity index (χ1) is 14.8. The van der Waals surface area contributed by atoms with E-state index in [2.05, 4.69) is 0 Å². The number of benzene rings is 2. The minimum atomic E-state index is -2.12. The van der Waals surface area contributed by atoms with Crippen LogP contribution in [0.3, 0.4) is 0 Å². The summed E-state index contributed by atoms with van der Waals surface area (Å²) in [6.45, 7) is 0. The Labute approximate surface area is 176 Å². The average molecular weight is 441 g/mol. The highest BCUT2D eigenvalue weighted by Crippen LogP contribution is 2.37. The molecule has 4 aromatic rings. The normalized spacial score (nSPS) is 13.4. The number of carbonyl (C=O) groups excluding carboxylic acids is 2. The number of thiophene rings is 1. The minimum Gasteiger partial charge on any atom is -0.343 e. The van der Waals surface area contributed by atoms with Gasteiger partial charge in [0.25, 0.3) is 0 Å². The quantitative estimate of drug-likeness (QED) is 0.127. The fourth-order valence-corrected chi connectivity index (χ4v) is 4.86. The smallest absolute Gasteiger partial charge is 0.200 e. The Bertz CT molecular complexity index is 1420. The molecule has 0 unspecified atom stereocenters. The highest BCUT2D eigenvalue weighted by Gasteiger charge is 2.42. The number of rotatable bonds is 2. The Morgan fingerprint density at radius 2 is 1.42 bits per heavy atom. The molecule has 0 spiro atoms. The molecule has 0 amide bonds.